The van der Waals surface area contributed by atoms with Gasteiger partial charge < -0.3 is 5.32 Å². The molecule has 0 bridgehead atoms. The van der Waals surface area contributed by atoms with Crippen molar-refractivity contribution in [2.24, 2.45) is 0 Å². The molecule has 1 atom stereocenters. The van der Waals surface area contributed by atoms with Crippen LogP contribution in [0.4, 0.5) is 0 Å². The van der Waals surface area contributed by atoms with Crippen LogP contribution in [-0.4, -0.2) is 33.3 Å². The lowest BCUT2D eigenvalue weighted by molar-refractivity contribution is 0.422. The predicted molar refractivity (Wildman–Crippen MR) is 66.9 cm³/mol. The molecule has 1 fully saturated rings. The minimum Gasteiger partial charge on any atom is -0.313 e. The van der Waals surface area contributed by atoms with Crippen molar-refractivity contribution < 1.29 is 8.42 Å². The molecule has 1 aliphatic rings. The highest BCUT2D eigenvalue weighted by Gasteiger charge is 2.19. The van der Waals surface area contributed by atoms with Crippen LogP contribution in [0.3, 0.4) is 0 Å². The van der Waals surface area contributed by atoms with E-state index in [4.69, 9.17) is 0 Å². The summed E-state index contributed by atoms with van der Waals surface area (Å²) >= 11 is 0. The second-order valence-corrected chi connectivity index (χ2v) is 6.41. The van der Waals surface area contributed by atoms with Crippen LogP contribution < -0.4 is 10.0 Å². The molecule has 0 aromatic carbocycles. The molecule has 0 radical (unpaired) electrons. The smallest absolute Gasteiger partial charge is 0.213 e. The van der Waals surface area contributed by atoms with Crippen LogP contribution in [0.2, 0.25) is 0 Å². The summed E-state index contributed by atoms with van der Waals surface area (Å²) in [5.74, 6) is 0.198. The molecule has 1 saturated heterocycles. The Morgan fingerprint density at radius 2 is 2.19 bits per heavy atom. The van der Waals surface area contributed by atoms with Gasteiger partial charge >= 0.3 is 0 Å². The SMILES string of the molecule is CC(C)=CCNS(=O)(=O)CC1CCCCN1. The van der Waals surface area contributed by atoms with Crippen molar-refractivity contribution in [3.8, 4) is 0 Å². The zero-order valence-electron chi connectivity index (χ0n) is 10.1. The Labute approximate surface area is 98.6 Å². The van der Waals surface area contributed by atoms with E-state index in [0.29, 0.717) is 6.54 Å². The fraction of sp³-hybridized carbons (Fsp3) is 0.818. The van der Waals surface area contributed by atoms with Crippen LogP contribution in [0.1, 0.15) is 33.1 Å². The molecular weight excluding hydrogens is 224 g/mol. The topological polar surface area (TPSA) is 58.2 Å². The molecule has 5 heteroatoms. The number of allylic oxidation sites excluding steroid dienone is 1. The van der Waals surface area contributed by atoms with E-state index < -0.39 is 10.0 Å². The van der Waals surface area contributed by atoms with Crippen molar-refractivity contribution in [2.45, 2.75) is 39.2 Å². The molecule has 0 saturated carbocycles. The quantitative estimate of drug-likeness (QED) is 0.712. The first-order valence-corrected chi connectivity index (χ1v) is 7.49. The van der Waals surface area contributed by atoms with E-state index in [1.54, 1.807) is 0 Å². The molecule has 1 aliphatic heterocycles. The van der Waals surface area contributed by atoms with E-state index in [9.17, 15) is 8.42 Å². The molecule has 0 aliphatic carbocycles. The maximum atomic E-state index is 11.7. The highest BCUT2D eigenvalue weighted by atomic mass is 32.2. The Hall–Kier alpha value is -0.390. The summed E-state index contributed by atoms with van der Waals surface area (Å²) < 4.78 is 26.0. The van der Waals surface area contributed by atoms with Crippen LogP contribution >= 0.6 is 0 Å². The zero-order valence-corrected chi connectivity index (χ0v) is 10.9. The number of sulfonamides is 1. The molecule has 0 spiro atoms. The predicted octanol–water partition coefficient (Wildman–Crippen LogP) is 1.01. The number of piperidine rings is 1. The van der Waals surface area contributed by atoms with Gasteiger partial charge in [0, 0.05) is 12.6 Å². The normalized spacial score (nSPS) is 21.8. The van der Waals surface area contributed by atoms with Gasteiger partial charge in [0.05, 0.1) is 5.75 Å². The summed E-state index contributed by atoms with van der Waals surface area (Å²) in [6, 6.07) is 0.123. The molecule has 16 heavy (non-hydrogen) atoms. The second-order valence-electron chi connectivity index (χ2n) is 4.56. The van der Waals surface area contributed by atoms with Crippen molar-refractivity contribution in [1.82, 2.24) is 10.0 Å². The minimum absolute atomic E-state index is 0.123. The Balaban J connectivity index is 2.35. The van der Waals surface area contributed by atoms with Crippen LogP contribution in [0.5, 0.6) is 0 Å². The molecule has 1 unspecified atom stereocenters. The van der Waals surface area contributed by atoms with E-state index in [2.05, 4.69) is 10.0 Å². The van der Waals surface area contributed by atoms with Gasteiger partial charge in [-0.1, -0.05) is 18.1 Å². The van der Waals surface area contributed by atoms with Gasteiger partial charge in [-0.05, 0) is 33.2 Å². The Bertz CT molecular complexity index is 326. The summed E-state index contributed by atoms with van der Waals surface area (Å²) in [4.78, 5) is 0. The fourth-order valence-electron chi connectivity index (χ4n) is 1.76. The van der Waals surface area contributed by atoms with Gasteiger partial charge in [0.15, 0.2) is 0 Å². The van der Waals surface area contributed by atoms with Crippen molar-refractivity contribution in [3.05, 3.63) is 11.6 Å². The number of rotatable bonds is 5. The standard InChI is InChI=1S/C11H22N2O2S/c1-10(2)6-8-13-16(14,15)9-11-5-3-4-7-12-11/h6,11-13H,3-5,7-9H2,1-2H3. The highest BCUT2D eigenvalue weighted by Crippen LogP contribution is 2.08. The lowest BCUT2D eigenvalue weighted by Gasteiger charge is -2.23. The van der Waals surface area contributed by atoms with Crippen molar-refractivity contribution in [2.75, 3.05) is 18.8 Å². The average molecular weight is 246 g/mol. The Kier molecular flexibility index (Phi) is 5.44. The lowest BCUT2D eigenvalue weighted by Crippen LogP contribution is -2.42. The second kappa shape index (κ2) is 6.37. The lowest BCUT2D eigenvalue weighted by atomic mass is 10.1. The molecule has 94 valence electrons. The Morgan fingerprint density at radius 3 is 2.75 bits per heavy atom. The van der Waals surface area contributed by atoms with Crippen molar-refractivity contribution in [3.63, 3.8) is 0 Å². The summed E-state index contributed by atoms with van der Waals surface area (Å²) in [6.07, 6.45) is 5.12. The number of hydrogen-bond acceptors (Lipinski definition) is 3. The molecule has 0 amide bonds. The van der Waals surface area contributed by atoms with E-state index in [-0.39, 0.29) is 11.8 Å². The number of hydrogen-bond donors (Lipinski definition) is 2. The van der Waals surface area contributed by atoms with E-state index in [1.165, 1.54) is 0 Å². The highest BCUT2D eigenvalue weighted by molar-refractivity contribution is 7.89. The first-order valence-electron chi connectivity index (χ1n) is 5.84. The molecule has 1 heterocycles. The first kappa shape index (κ1) is 13.7. The van der Waals surface area contributed by atoms with Crippen molar-refractivity contribution >= 4 is 10.0 Å². The molecule has 1 rings (SSSR count). The van der Waals surface area contributed by atoms with E-state index >= 15 is 0 Å². The monoisotopic (exact) mass is 246 g/mol. The molecular formula is C11H22N2O2S. The van der Waals surface area contributed by atoms with Gasteiger partial charge in [-0.3, -0.25) is 0 Å². The summed E-state index contributed by atoms with van der Waals surface area (Å²) in [6.45, 7) is 5.25. The van der Waals surface area contributed by atoms with Gasteiger partial charge in [-0.25, -0.2) is 13.1 Å². The van der Waals surface area contributed by atoms with Crippen molar-refractivity contribution in [1.29, 1.82) is 0 Å². The van der Waals surface area contributed by atoms with Crippen LogP contribution in [0.15, 0.2) is 11.6 Å². The first-order chi connectivity index (χ1) is 7.49. The van der Waals surface area contributed by atoms with Gasteiger partial charge in [-0.2, -0.15) is 0 Å². The summed E-state index contributed by atoms with van der Waals surface area (Å²) in [7, 11) is -3.13. The third-order valence-corrected chi connectivity index (χ3v) is 4.09. The number of nitrogens with one attached hydrogen (secondary N) is 2. The summed E-state index contributed by atoms with van der Waals surface area (Å²) in [5.41, 5.74) is 1.12. The van der Waals surface area contributed by atoms with Crippen LogP contribution in [-0.2, 0) is 10.0 Å². The molecule has 0 aromatic rings. The summed E-state index contributed by atoms with van der Waals surface area (Å²) in [5, 5.41) is 3.24. The maximum Gasteiger partial charge on any atom is 0.213 e. The largest absolute Gasteiger partial charge is 0.313 e. The maximum absolute atomic E-state index is 11.7. The van der Waals surface area contributed by atoms with E-state index in [1.807, 2.05) is 19.9 Å². The van der Waals surface area contributed by atoms with Gasteiger partial charge in [0.25, 0.3) is 0 Å². The third kappa shape index (κ3) is 5.63. The van der Waals surface area contributed by atoms with E-state index in [0.717, 1.165) is 31.4 Å². The van der Waals surface area contributed by atoms with Gasteiger partial charge in [0.2, 0.25) is 10.0 Å². The van der Waals surface area contributed by atoms with Crippen LogP contribution in [0.25, 0.3) is 0 Å². The van der Waals surface area contributed by atoms with Gasteiger partial charge in [-0.15, -0.1) is 0 Å². The Morgan fingerprint density at radius 1 is 1.44 bits per heavy atom. The zero-order chi connectivity index (χ0) is 12.0. The minimum atomic E-state index is -3.13. The van der Waals surface area contributed by atoms with Crippen LogP contribution in [0, 0.1) is 0 Å². The average Bonchev–Trinajstić information content (AvgIpc) is 2.17. The molecule has 2 N–H and O–H groups in total. The molecule has 0 aromatic heterocycles. The van der Waals surface area contributed by atoms with Gasteiger partial charge in [0.1, 0.15) is 0 Å². The fourth-order valence-corrected chi connectivity index (χ4v) is 3.03. The third-order valence-electron chi connectivity index (χ3n) is 2.65. The molecule has 4 nitrogen and oxygen atoms in total.